The van der Waals surface area contributed by atoms with Gasteiger partial charge in [0.25, 0.3) is 0 Å². The normalized spacial score (nSPS) is 25.0. The Morgan fingerprint density at radius 2 is 2.06 bits per heavy atom. The average Bonchev–Trinajstić information content (AvgIpc) is 2.59. The molecule has 1 heterocycles. The zero-order chi connectivity index (χ0) is 12.3. The van der Waals surface area contributed by atoms with Gasteiger partial charge in [-0.05, 0) is 5.56 Å². The first-order valence-corrected chi connectivity index (χ1v) is 5.88. The predicted molar refractivity (Wildman–Crippen MR) is 65.0 cm³/mol. The van der Waals surface area contributed by atoms with Crippen molar-refractivity contribution in [3.63, 3.8) is 0 Å². The summed E-state index contributed by atoms with van der Waals surface area (Å²) in [5, 5.41) is 9.84. The van der Waals surface area contributed by atoms with Gasteiger partial charge in [0.2, 0.25) is 5.91 Å². The molecule has 2 atom stereocenters. The molecule has 1 aliphatic heterocycles. The Morgan fingerprint density at radius 1 is 1.35 bits per heavy atom. The van der Waals surface area contributed by atoms with E-state index in [2.05, 4.69) is 17.0 Å². The molecule has 1 fully saturated rings. The van der Waals surface area contributed by atoms with Crippen LogP contribution in [0.4, 0.5) is 0 Å². The number of nitrogens with two attached hydrogens (primary N) is 1. The van der Waals surface area contributed by atoms with E-state index in [1.54, 1.807) is 0 Å². The summed E-state index contributed by atoms with van der Waals surface area (Å²) < 4.78 is 0. The number of benzene rings is 1. The molecule has 1 aliphatic rings. The Kier molecular flexibility index (Phi) is 3.76. The maximum atomic E-state index is 10.9. The molecule has 0 unspecified atom stereocenters. The van der Waals surface area contributed by atoms with E-state index in [4.69, 9.17) is 5.73 Å². The van der Waals surface area contributed by atoms with E-state index < -0.39 is 6.10 Å². The van der Waals surface area contributed by atoms with Crippen molar-refractivity contribution in [3.8, 4) is 0 Å². The number of carbonyl (C=O) groups excluding carboxylic acids is 1. The lowest BCUT2D eigenvalue weighted by Crippen LogP contribution is -2.24. The summed E-state index contributed by atoms with van der Waals surface area (Å²) in [4.78, 5) is 13.0. The van der Waals surface area contributed by atoms with Crippen LogP contribution in [-0.4, -0.2) is 35.1 Å². The van der Waals surface area contributed by atoms with Crippen LogP contribution in [0.25, 0.3) is 0 Å². The van der Waals surface area contributed by atoms with E-state index in [1.165, 1.54) is 5.56 Å². The van der Waals surface area contributed by atoms with Crippen LogP contribution in [0.3, 0.4) is 0 Å². The third-order valence-electron chi connectivity index (χ3n) is 3.19. The van der Waals surface area contributed by atoms with Crippen molar-refractivity contribution < 1.29 is 9.90 Å². The second-order valence-corrected chi connectivity index (χ2v) is 4.68. The van der Waals surface area contributed by atoms with E-state index in [-0.39, 0.29) is 18.2 Å². The summed E-state index contributed by atoms with van der Waals surface area (Å²) in [5.74, 6) is -0.355. The minimum absolute atomic E-state index is 0.0174. The van der Waals surface area contributed by atoms with E-state index in [0.717, 1.165) is 13.1 Å². The molecule has 4 nitrogen and oxygen atoms in total. The molecule has 1 aromatic rings. The summed E-state index contributed by atoms with van der Waals surface area (Å²) in [6.45, 7) is 2.17. The molecule has 1 saturated heterocycles. The number of amides is 1. The van der Waals surface area contributed by atoms with Crippen molar-refractivity contribution in [3.05, 3.63) is 35.9 Å². The van der Waals surface area contributed by atoms with Crippen LogP contribution < -0.4 is 5.73 Å². The van der Waals surface area contributed by atoms with Gasteiger partial charge in [-0.3, -0.25) is 9.69 Å². The zero-order valence-electron chi connectivity index (χ0n) is 9.75. The van der Waals surface area contributed by atoms with Crippen LogP contribution >= 0.6 is 0 Å². The largest absolute Gasteiger partial charge is 0.391 e. The first kappa shape index (κ1) is 12.1. The summed E-state index contributed by atoms with van der Waals surface area (Å²) >= 11 is 0. The summed E-state index contributed by atoms with van der Waals surface area (Å²) in [7, 11) is 0. The molecule has 0 aliphatic carbocycles. The number of carbonyl (C=O) groups is 1. The standard InChI is InChI=1S/C13H18N2O2/c14-13(17)6-11-8-15(9-12(11)16)7-10-4-2-1-3-5-10/h1-5,11-12,16H,6-9H2,(H2,14,17)/t11-,12-/m1/s1. The van der Waals surface area contributed by atoms with Gasteiger partial charge in [-0.15, -0.1) is 0 Å². The first-order chi connectivity index (χ1) is 8.15. The van der Waals surface area contributed by atoms with Crippen molar-refractivity contribution in [1.82, 2.24) is 4.90 Å². The molecule has 1 amide bonds. The van der Waals surface area contributed by atoms with Crippen molar-refractivity contribution in [2.45, 2.75) is 19.1 Å². The van der Waals surface area contributed by atoms with Crippen molar-refractivity contribution in [2.24, 2.45) is 11.7 Å². The van der Waals surface area contributed by atoms with Gasteiger partial charge in [0.1, 0.15) is 0 Å². The number of primary amides is 1. The molecular weight excluding hydrogens is 216 g/mol. The molecular formula is C13H18N2O2. The molecule has 0 spiro atoms. The van der Waals surface area contributed by atoms with Gasteiger partial charge >= 0.3 is 0 Å². The van der Waals surface area contributed by atoms with E-state index in [0.29, 0.717) is 6.54 Å². The van der Waals surface area contributed by atoms with Crippen LogP contribution in [0.5, 0.6) is 0 Å². The monoisotopic (exact) mass is 234 g/mol. The molecule has 1 aromatic carbocycles. The third kappa shape index (κ3) is 3.28. The number of aliphatic hydroxyl groups is 1. The fraction of sp³-hybridized carbons (Fsp3) is 0.462. The molecule has 92 valence electrons. The van der Waals surface area contributed by atoms with Crippen LogP contribution in [0, 0.1) is 5.92 Å². The van der Waals surface area contributed by atoms with E-state index in [9.17, 15) is 9.90 Å². The predicted octanol–water partition coefficient (Wildman–Crippen LogP) is 0.355. The average molecular weight is 234 g/mol. The van der Waals surface area contributed by atoms with Gasteiger partial charge < -0.3 is 10.8 Å². The molecule has 17 heavy (non-hydrogen) atoms. The summed E-state index contributed by atoms with van der Waals surface area (Å²) in [6, 6.07) is 10.1. The van der Waals surface area contributed by atoms with Crippen molar-refractivity contribution in [2.75, 3.05) is 13.1 Å². The highest BCUT2D eigenvalue weighted by molar-refractivity contribution is 5.74. The number of hydrogen-bond donors (Lipinski definition) is 2. The highest BCUT2D eigenvalue weighted by Crippen LogP contribution is 2.21. The highest BCUT2D eigenvalue weighted by Gasteiger charge is 2.31. The molecule has 0 aromatic heterocycles. The molecule has 4 heteroatoms. The number of hydrogen-bond acceptors (Lipinski definition) is 3. The lowest BCUT2D eigenvalue weighted by Gasteiger charge is -2.15. The maximum absolute atomic E-state index is 10.9. The minimum atomic E-state index is -0.439. The van der Waals surface area contributed by atoms with Gasteiger partial charge in [0, 0.05) is 32.0 Å². The molecule has 3 N–H and O–H groups in total. The lowest BCUT2D eigenvalue weighted by atomic mass is 10.0. The molecule has 2 rings (SSSR count). The second-order valence-electron chi connectivity index (χ2n) is 4.68. The fourth-order valence-corrected chi connectivity index (χ4v) is 2.37. The Morgan fingerprint density at radius 3 is 2.71 bits per heavy atom. The number of rotatable bonds is 4. The maximum Gasteiger partial charge on any atom is 0.217 e. The Labute approximate surface area is 101 Å². The topological polar surface area (TPSA) is 66.6 Å². The lowest BCUT2D eigenvalue weighted by molar-refractivity contribution is -0.119. The quantitative estimate of drug-likeness (QED) is 0.790. The zero-order valence-corrected chi connectivity index (χ0v) is 9.75. The smallest absolute Gasteiger partial charge is 0.217 e. The van der Waals surface area contributed by atoms with Crippen LogP contribution in [0.1, 0.15) is 12.0 Å². The Bertz CT molecular complexity index is 380. The van der Waals surface area contributed by atoms with E-state index in [1.807, 2.05) is 18.2 Å². The van der Waals surface area contributed by atoms with Crippen LogP contribution in [-0.2, 0) is 11.3 Å². The summed E-state index contributed by atoms with van der Waals surface area (Å²) in [6.07, 6.45) is -0.168. The van der Waals surface area contributed by atoms with Gasteiger partial charge in [-0.2, -0.15) is 0 Å². The molecule has 0 radical (unpaired) electrons. The number of β-amino-alcohol motifs (C(OH)–C–C–N with tert-alkyl or cyclic N) is 1. The van der Waals surface area contributed by atoms with Gasteiger partial charge in [-0.25, -0.2) is 0 Å². The third-order valence-corrected chi connectivity index (χ3v) is 3.19. The highest BCUT2D eigenvalue weighted by atomic mass is 16.3. The van der Waals surface area contributed by atoms with E-state index >= 15 is 0 Å². The number of nitrogens with zero attached hydrogens (tertiary/aromatic N) is 1. The van der Waals surface area contributed by atoms with Gasteiger partial charge in [0.05, 0.1) is 6.10 Å². The summed E-state index contributed by atoms with van der Waals surface area (Å²) in [5.41, 5.74) is 6.39. The second kappa shape index (κ2) is 5.29. The molecule has 0 saturated carbocycles. The van der Waals surface area contributed by atoms with Crippen molar-refractivity contribution in [1.29, 1.82) is 0 Å². The minimum Gasteiger partial charge on any atom is -0.391 e. The molecule has 0 bridgehead atoms. The number of aliphatic hydroxyl groups excluding tert-OH is 1. The SMILES string of the molecule is NC(=O)C[C@@H]1CN(Cc2ccccc2)C[C@H]1O. The van der Waals surface area contributed by atoms with Crippen molar-refractivity contribution >= 4 is 5.91 Å². The Balaban J connectivity index is 1.91. The Hall–Kier alpha value is -1.39. The number of likely N-dealkylation sites (tertiary alicyclic amines) is 1. The fourth-order valence-electron chi connectivity index (χ4n) is 2.37. The van der Waals surface area contributed by atoms with Crippen LogP contribution in [0.15, 0.2) is 30.3 Å². The first-order valence-electron chi connectivity index (χ1n) is 5.88. The van der Waals surface area contributed by atoms with Gasteiger partial charge in [0.15, 0.2) is 0 Å². The van der Waals surface area contributed by atoms with Gasteiger partial charge in [-0.1, -0.05) is 30.3 Å². The van der Waals surface area contributed by atoms with Crippen LogP contribution in [0.2, 0.25) is 0 Å².